The van der Waals surface area contributed by atoms with Crippen molar-refractivity contribution in [3.63, 3.8) is 0 Å². The average Bonchev–Trinajstić information content (AvgIpc) is 2.59. The van der Waals surface area contributed by atoms with Crippen LogP contribution in [-0.2, 0) is 15.7 Å². The Morgan fingerprint density at radius 2 is 2.00 bits per heavy atom. The summed E-state index contributed by atoms with van der Waals surface area (Å²) in [5, 5.41) is 13.0. The van der Waals surface area contributed by atoms with Gasteiger partial charge in [-0.05, 0) is 43.0 Å². The van der Waals surface area contributed by atoms with Crippen LogP contribution in [0.5, 0.6) is 0 Å². The van der Waals surface area contributed by atoms with E-state index in [0.717, 1.165) is 25.0 Å². The number of aliphatic hydroxyl groups excluding tert-OH is 1. The molecule has 0 aromatic heterocycles. The summed E-state index contributed by atoms with van der Waals surface area (Å²) in [5.74, 6) is -0.202. The van der Waals surface area contributed by atoms with Crippen LogP contribution in [0.3, 0.4) is 0 Å². The van der Waals surface area contributed by atoms with Crippen LogP contribution >= 0.6 is 0 Å². The third kappa shape index (κ3) is 4.50. The van der Waals surface area contributed by atoms with Gasteiger partial charge in [0.2, 0.25) is 0 Å². The van der Waals surface area contributed by atoms with E-state index in [4.69, 9.17) is 4.74 Å². The van der Waals surface area contributed by atoms with Gasteiger partial charge in [0, 0.05) is 0 Å². The van der Waals surface area contributed by atoms with Crippen molar-refractivity contribution in [1.82, 2.24) is 5.32 Å². The number of aliphatic hydroxyl groups is 1. The highest BCUT2D eigenvalue weighted by Crippen LogP contribution is 2.30. The lowest BCUT2D eigenvalue weighted by Crippen LogP contribution is -2.40. The molecule has 2 rings (SSSR count). The molecule has 0 radical (unpaired) electrons. The van der Waals surface area contributed by atoms with E-state index < -0.39 is 29.8 Å². The summed E-state index contributed by atoms with van der Waals surface area (Å²) in [5.41, 5.74) is -0.468. The maximum absolute atomic E-state index is 12.6. The van der Waals surface area contributed by atoms with E-state index in [9.17, 15) is 23.1 Å². The fraction of sp³-hybridized carbons (Fsp3) is 0.471. The first-order valence-corrected chi connectivity index (χ1v) is 7.82. The largest absolute Gasteiger partial charge is 0.488 e. The number of alkyl halides is 3. The number of amides is 1. The Labute approximate surface area is 138 Å². The Bertz CT molecular complexity index is 596. The minimum Gasteiger partial charge on any atom is -0.488 e. The molecule has 0 saturated heterocycles. The first kappa shape index (κ1) is 18.3. The van der Waals surface area contributed by atoms with Crippen LogP contribution in [0.2, 0.25) is 0 Å². The van der Waals surface area contributed by atoms with Gasteiger partial charge in [-0.1, -0.05) is 19.1 Å². The van der Waals surface area contributed by atoms with Crippen molar-refractivity contribution in [3.8, 4) is 0 Å². The van der Waals surface area contributed by atoms with Crippen molar-refractivity contribution in [3.05, 3.63) is 47.2 Å². The molecule has 1 aliphatic rings. The van der Waals surface area contributed by atoms with Crippen LogP contribution in [0, 0.1) is 0 Å². The number of benzene rings is 1. The van der Waals surface area contributed by atoms with E-state index in [-0.39, 0.29) is 5.76 Å². The number of carbonyl (C=O) groups is 1. The molecule has 2 N–H and O–H groups in total. The summed E-state index contributed by atoms with van der Waals surface area (Å²) in [6.07, 6.45) is -1.82. The third-order valence-corrected chi connectivity index (χ3v) is 3.88. The summed E-state index contributed by atoms with van der Waals surface area (Å²) < 4.78 is 43.0. The van der Waals surface area contributed by atoms with Crippen molar-refractivity contribution in [2.45, 2.75) is 44.5 Å². The molecule has 2 unspecified atom stereocenters. The molecular weight excluding hydrogens is 323 g/mol. The number of carbonyl (C=O) groups excluding carboxylic acids is 1. The van der Waals surface area contributed by atoms with Crippen LogP contribution in [-0.4, -0.2) is 23.7 Å². The van der Waals surface area contributed by atoms with Gasteiger partial charge in [0.15, 0.2) is 5.76 Å². The Balaban J connectivity index is 2.06. The smallest absolute Gasteiger partial charge is 0.416 e. The summed E-state index contributed by atoms with van der Waals surface area (Å²) in [6.45, 7) is 2.24. The molecule has 132 valence electrons. The zero-order valence-corrected chi connectivity index (χ0v) is 13.3. The minimum atomic E-state index is -4.42. The zero-order chi connectivity index (χ0) is 17.7. The van der Waals surface area contributed by atoms with E-state index in [0.29, 0.717) is 18.6 Å². The summed E-state index contributed by atoms with van der Waals surface area (Å²) in [7, 11) is 0. The van der Waals surface area contributed by atoms with Crippen molar-refractivity contribution in [1.29, 1.82) is 0 Å². The quantitative estimate of drug-likeness (QED) is 0.862. The van der Waals surface area contributed by atoms with Crippen LogP contribution in [0.25, 0.3) is 0 Å². The molecule has 0 saturated carbocycles. The summed E-state index contributed by atoms with van der Waals surface area (Å²) in [4.78, 5) is 12.1. The maximum Gasteiger partial charge on any atom is 0.416 e. The number of nitrogens with one attached hydrogen (secondary N) is 1. The van der Waals surface area contributed by atoms with E-state index in [1.807, 2.05) is 0 Å². The van der Waals surface area contributed by atoms with Gasteiger partial charge in [-0.15, -0.1) is 0 Å². The van der Waals surface area contributed by atoms with Crippen molar-refractivity contribution in [2.24, 2.45) is 0 Å². The Kier molecular flexibility index (Phi) is 5.88. The fourth-order valence-corrected chi connectivity index (χ4v) is 2.46. The zero-order valence-electron chi connectivity index (χ0n) is 13.3. The van der Waals surface area contributed by atoms with Gasteiger partial charge in [0.05, 0.1) is 24.3 Å². The molecule has 24 heavy (non-hydrogen) atoms. The number of halogens is 3. The van der Waals surface area contributed by atoms with Crippen molar-refractivity contribution >= 4 is 5.91 Å². The predicted molar refractivity (Wildman–Crippen MR) is 81.9 cm³/mol. The molecule has 0 bridgehead atoms. The van der Waals surface area contributed by atoms with E-state index in [1.54, 1.807) is 13.0 Å². The Morgan fingerprint density at radius 3 is 2.50 bits per heavy atom. The first-order valence-electron chi connectivity index (χ1n) is 7.82. The molecule has 0 fully saturated rings. The SMILES string of the molecule is CCC(NC(=O)C1=CCCCO1)C(O)c1ccc(C(F)(F)F)cc1. The highest BCUT2D eigenvalue weighted by Gasteiger charge is 2.31. The number of hydrogen-bond acceptors (Lipinski definition) is 3. The van der Waals surface area contributed by atoms with Gasteiger partial charge >= 0.3 is 6.18 Å². The second kappa shape index (κ2) is 7.70. The molecule has 2 atom stereocenters. The van der Waals surface area contributed by atoms with E-state index >= 15 is 0 Å². The number of hydrogen-bond donors (Lipinski definition) is 2. The monoisotopic (exact) mass is 343 g/mol. The van der Waals surface area contributed by atoms with E-state index in [2.05, 4.69) is 5.32 Å². The molecule has 1 aliphatic heterocycles. The second-order valence-electron chi connectivity index (χ2n) is 5.61. The lowest BCUT2D eigenvalue weighted by atomic mass is 9.99. The summed E-state index contributed by atoms with van der Waals surface area (Å²) in [6, 6.07) is 3.65. The molecule has 0 aliphatic carbocycles. The standard InChI is InChI=1S/C17H20F3NO3/c1-2-13(21-16(23)14-5-3-4-10-24-14)15(22)11-6-8-12(9-7-11)17(18,19)20/h5-9,13,15,22H,2-4,10H2,1H3,(H,21,23). The normalized spacial score (nSPS) is 17.5. The molecule has 4 nitrogen and oxygen atoms in total. The van der Waals surface area contributed by atoms with Crippen LogP contribution in [0.15, 0.2) is 36.1 Å². The minimum absolute atomic E-state index is 0.222. The molecule has 1 aromatic rings. The van der Waals surface area contributed by atoms with Crippen LogP contribution < -0.4 is 5.32 Å². The topological polar surface area (TPSA) is 58.6 Å². The van der Waals surface area contributed by atoms with Crippen LogP contribution in [0.1, 0.15) is 43.4 Å². The number of rotatable bonds is 5. The molecule has 1 amide bonds. The molecular formula is C17H20F3NO3. The average molecular weight is 343 g/mol. The lowest BCUT2D eigenvalue weighted by Gasteiger charge is -2.25. The number of allylic oxidation sites excluding steroid dienone is 1. The Morgan fingerprint density at radius 1 is 1.33 bits per heavy atom. The Hall–Kier alpha value is -2.02. The van der Waals surface area contributed by atoms with Crippen molar-refractivity contribution in [2.75, 3.05) is 6.61 Å². The summed E-state index contributed by atoms with van der Waals surface area (Å²) >= 11 is 0. The highest BCUT2D eigenvalue weighted by atomic mass is 19.4. The van der Waals surface area contributed by atoms with E-state index in [1.165, 1.54) is 12.1 Å². The van der Waals surface area contributed by atoms with Crippen LogP contribution in [0.4, 0.5) is 13.2 Å². The first-order chi connectivity index (χ1) is 11.3. The molecule has 1 heterocycles. The second-order valence-corrected chi connectivity index (χ2v) is 5.61. The van der Waals surface area contributed by atoms with Gasteiger partial charge in [-0.2, -0.15) is 13.2 Å². The van der Waals surface area contributed by atoms with Gasteiger partial charge in [0.25, 0.3) is 5.91 Å². The molecule has 0 spiro atoms. The molecule has 1 aromatic carbocycles. The molecule has 7 heteroatoms. The predicted octanol–water partition coefficient (Wildman–Crippen LogP) is 3.33. The lowest BCUT2D eigenvalue weighted by molar-refractivity contribution is -0.137. The third-order valence-electron chi connectivity index (χ3n) is 3.88. The van der Waals surface area contributed by atoms with Gasteiger partial charge < -0.3 is 15.2 Å². The maximum atomic E-state index is 12.6. The van der Waals surface area contributed by atoms with Gasteiger partial charge in [-0.25, -0.2) is 0 Å². The fourth-order valence-electron chi connectivity index (χ4n) is 2.46. The van der Waals surface area contributed by atoms with Crippen molar-refractivity contribution < 1.29 is 27.8 Å². The van der Waals surface area contributed by atoms with Gasteiger partial charge in [-0.3, -0.25) is 4.79 Å². The van der Waals surface area contributed by atoms with Gasteiger partial charge in [0.1, 0.15) is 0 Å². The highest BCUT2D eigenvalue weighted by molar-refractivity contribution is 5.91. The number of ether oxygens (including phenoxy) is 1.